The monoisotopic (exact) mass is 304 g/mol. The Morgan fingerprint density at radius 1 is 1.50 bits per heavy atom. The van der Waals surface area contributed by atoms with E-state index in [-0.39, 0.29) is 11.9 Å². The van der Waals surface area contributed by atoms with Crippen LogP contribution in [0.4, 0.5) is 0 Å². The van der Waals surface area contributed by atoms with E-state index in [4.69, 9.17) is 9.47 Å². The van der Waals surface area contributed by atoms with Gasteiger partial charge < -0.3 is 19.7 Å². The van der Waals surface area contributed by atoms with Gasteiger partial charge in [0.05, 0.1) is 7.11 Å². The molecule has 0 aliphatic carbocycles. The lowest BCUT2D eigenvalue weighted by Crippen LogP contribution is -2.40. The van der Waals surface area contributed by atoms with Gasteiger partial charge in [0.1, 0.15) is 6.61 Å². The molecule has 0 saturated carbocycles. The molecule has 1 aliphatic rings. The summed E-state index contributed by atoms with van der Waals surface area (Å²) in [4.78, 5) is 14.7. The van der Waals surface area contributed by atoms with Crippen LogP contribution < -0.4 is 14.8 Å². The summed E-state index contributed by atoms with van der Waals surface area (Å²) < 4.78 is 10.8. The van der Waals surface area contributed by atoms with Gasteiger partial charge in [0.2, 0.25) is 0 Å². The fourth-order valence-electron chi connectivity index (χ4n) is 2.79. The van der Waals surface area contributed by atoms with Gasteiger partial charge in [-0.05, 0) is 38.1 Å². The number of methoxy groups -OCH3 is 1. The predicted octanol–water partition coefficient (Wildman–Crippen LogP) is 2.08. The number of ether oxygens (including phenoxy) is 2. The van der Waals surface area contributed by atoms with Crippen LogP contribution in [0.1, 0.15) is 23.2 Å². The molecule has 5 nitrogen and oxygen atoms in total. The molecule has 5 heteroatoms. The van der Waals surface area contributed by atoms with E-state index >= 15 is 0 Å². The van der Waals surface area contributed by atoms with Crippen molar-refractivity contribution in [2.45, 2.75) is 18.9 Å². The Kier molecular flexibility index (Phi) is 5.83. The van der Waals surface area contributed by atoms with Crippen LogP contribution in [0, 0.1) is 0 Å². The van der Waals surface area contributed by atoms with E-state index in [1.807, 2.05) is 11.9 Å². The molecule has 1 aromatic carbocycles. The first-order valence-electron chi connectivity index (χ1n) is 7.58. The minimum absolute atomic E-state index is 0.0475. The Morgan fingerprint density at radius 2 is 2.32 bits per heavy atom. The summed E-state index contributed by atoms with van der Waals surface area (Å²) in [6, 6.07) is 5.58. The maximum Gasteiger partial charge on any atom is 0.254 e. The smallest absolute Gasteiger partial charge is 0.254 e. The largest absolute Gasteiger partial charge is 0.493 e. The number of carbonyl (C=O) groups is 1. The number of rotatable bonds is 7. The second kappa shape index (κ2) is 7.84. The summed E-state index contributed by atoms with van der Waals surface area (Å²) >= 11 is 0. The van der Waals surface area contributed by atoms with Gasteiger partial charge >= 0.3 is 0 Å². The summed E-state index contributed by atoms with van der Waals surface area (Å²) in [6.45, 7) is 5.66. The maximum absolute atomic E-state index is 12.7. The second-order valence-electron chi connectivity index (χ2n) is 5.32. The van der Waals surface area contributed by atoms with Crippen molar-refractivity contribution in [3.05, 3.63) is 36.4 Å². The van der Waals surface area contributed by atoms with Gasteiger partial charge in [0, 0.05) is 24.7 Å². The van der Waals surface area contributed by atoms with E-state index in [1.165, 1.54) is 0 Å². The van der Waals surface area contributed by atoms with Gasteiger partial charge in [-0.3, -0.25) is 4.79 Å². The van der Waals surface area contributed by atoms with Gasteiger partial charge in [-0.25, -0.2) is 0 Å². The first kappa shape index (κ1) is 16.4. The van der Waals surface area contributed by atoms with E-state index in [0.29, 0.717) is 23.7 Å². The van der Waals surface area contributed by atoms with Crippen LogP contribution in [0.15, 0.2) is 30.9 Å². The molecule has 1 amide bonds. The highest BCUT2D eigenvalue weighted by molar-refractivity contribution is 5.95. The van der Waals surface area contributed by atoms with Crippen molar-refractivity contribution in [2.24, 2.45) is 0 Å². The molecule has 0 spiro atoms. The second-order valence-corrected chi connectivity index (χ2v) is 5.32. The third kappa shape index (κ3) is 3.60. The lowest BCUT2D eigenvalue weighted by molar-refractivity contribution is 0.0736. The number of nitrogens with zero attached hydrogens (tertiary/aromatic N) is 1. The third-order valence-corrected chi connectivity index (χ3v) is 3.85. The minimum atomic E-state index is 0.0475. The maximum atomic E-state index is 12.7. The number of nitrogens with one attached hydrogen (secondary N) is 1. The quantitative estimate of drug-likeness (QED) is 0.784. The first-order chi connectivity index (χ1) is 10.7. The fourth-order valence-corrected chi connectivity index (χ4v) is 2.79. The molecular formula is C17H24N2O3. The zero-order chi connectivity index (χ0) is 15.9. The van der Waals surface area contributed by atoms with E-state index < -0.39 is 0 Å². The van der Waals surface area contributed by atoms with Crippen LogP contribution in [-0.4, -0.2) is 50.7 Å². The molecule has 1 aliphatic heterocycles. The molecule has 22 heavy (non-hydrogen) atoms. The molecule has 1 fully saturated rings. The van der Waals surface area contributed by atoms with Crippen LogP contribution in [0.2, 0.25) is 0 Å². The SMILES string of the molecule is C=CCOc1ccc(C(=O)N2CCCC2CNC)cc1OC. The molecule has 1 atom stereocenters. The van der Waals surface area contributed by atoms with E-state index in [9.17, 15) is 4.79 Å². The molecule has 0 aromatic heterocycles. The van der Waals surface area contributed by atoms with E-state index in [0.717, 1.165) is 25.9 Å². The fraction of sp³-hybridized carbons (Fsp3) is 0.471. The molecule has 1 aromatic rings. The van der Waals surface area contributed by atoms with Crippen LogP contribution >= 0.6 is 0 Å². The Labute approximate surface area is 131 Å². The Morgan fingerprint density at radius 3 is 3.00 bits per heavy atom. The summed E-state index contributed by atoms with van der Waals surface area (Å²) in [6.07, 6.45) is 3.77. The molecule has 120 valence electrons. The van der Waals surface area contributed by atoms with Gasteiger partial charge in [-0.1, -0.05) is 12.7 Å². The zero-order valence-corrected chi connectivity index (χ0v) is 13.3. The topological polar surface area (TPSA) is 50.8 Å². The molecule has 2 rings (SSSR count). The third-order valence-electron chi connectivity index (χ3n) is 3.85. The molecule has 0 bridgehead atoms. The van der Waals surface area contributed by atoms with Gasteiger partial charge in [-0.15, -0.1) is 0 Å². The predicted molar refractivity (Wildman–Crippen MR) is 86.7 cm³/mol. The van der Waals surface area contributed by atoms with Crippen molar-refractivity contribution >= 4 is 5.91 Å². The Balaban J connectivity index is 2.17. The van der Waals surface area contributed by atoms with Crippen LogP contribution in [0.25, 0.3) is 0 Å². The van der Waals surface area contributed by atoms with Crippen LogP contribution in [0.3, 0.4) is 0 Å². The summed E-state index contributed by atoms with van der Waals surface area (Å²) in [5.41, 5.74) is 0.630. The van der Waals surface area contributed by atoms with Crippen molar-refractivity contribution in [1.82, 2.24) is 10.2 Å². The highest BCUT2D eigenvalue weighted by Gasteiger charge is 2.29. The van der Waals surface area contributed by atoms with Gasteiger partial charge in [0.25, 0.3) is 5.91 Å². The molecule has 0 radical (unpaired) electrons. The molecule has 1 N–H and O–H groups in total. The first-order valence-corrected chi connectivity index (χ1v) is 7.58. The molecule has 1 saturated heterocycles. The normalized spacial score (nSPS) is 17.4. The summed E-state index contributed by atoms with van der Waals surface area (Å²) in [5.74, 6) is 1.23. The van der Waals surface area contributed by atoms with Gasteiger partial charge in [0.15, 0.2) is 11.5 Å². The highest BCUT2D eigenvalue weighted by Crippen LogP contribution is 2.29. The number of hydrogen-bond donors (Lipinski definition) is 1. The summed E-state index contributed by atoms with van der Waals surface area (Å²) in [7, 11) is 3.49. The van der Waals surface area contributed by atoms with E-state index in [1.54, 1.807) is 31.4 Å². The number of benzene rings is 1. The van der Waals surface area contributed by atoms with Crippen molar-refractivity contribution in [2.75, 3.05) is 33.9 Å². The van der Waals surface area contributed by atoms with Crippen molar-refractivity contribution < 1.29 is 14.3 Å². The number of hydrogen-bond acceptors (Lipinski definition) is 4. The van der Waals surface area contributed by atoms with Gasteiger partial charge in [-0.2, -0.15) is 0 Å². The zero-order valence-electron chi connectivity index (χ0n) is 13.3. The lowest BCUT2D eigenvalue weighted by atomic mass is 10.1. The standard InChI is InChI=1S/C17H24N2O3/c1-4-10-22-15-8-7-13(11-16(15)21-3)17(20)19-9-5-6-14(19)12-18-2/h4,7-8,11,14,18H,1,5-6,9-10,12H2,2-3H3. The Hall–Kier alpha value is -2.01. The van der Waals surface area contributed by atoms with Crippen molar-refractivity contribution in [1.29, 1.82) is 0 Å². The molecule has 1 unspecified atom stereocenters. The van der Waals surface area contributed by atoms with Crippen LogP contribution in [0.5, 0.6) is 11.5 Å². The minimum Gasteiger partial charge on any atom is -0.493 e. The molecular weight excluding hydrogens is 280 g/mol. The van der Waals surface area contributed by atoms with Crippen molar-refractivity contribution in [3.8, 4) is 11.5 Å². The average molecular weight is 304 g/mol. The van der Waals surface area contributed by atoms with E-state index in [2.05, 4.69) is 11.9 Å². The number of likely N-dealkylation sites (tertiary alicyclic amines) is 1. The molecule has 1 heterocycles. The van der Waals surface area contributed by atoms with Crippen molar-refractivity contribution in [3.63, 3.8) is 0 Å². The summed E-state index contributed by atoms with van der Waals surface area (Å²) in [5, 5.41) is 3.15. The van der Waals surface area contributed by atoms with Crippen LogP contribution in [-0.2, 0) is 0 Å². The number of carbonyl (C=O) groups excluding carboxylic acids is 1. The number of amides is 1. The Bertz CT molecular complexity index is 531. The number of likely N-dealkylation sites (N-methyl/N-ethyl adjacent to an activating group) is 1. The average Bonchev–Trinajstić information content (AvgIpc) is 3.00. The highest BCUT2D eigenvalue weighted by atomic mass is 16.5. The lowest BCUT2D eigenvalue weighted by Gasteiger charge is -2.25.